The molecule has 0 radical (unpaired) electrons. The Labute approximate surface area is 154 Å². The second-order valence-corrected chi connectivity index (χ2v) is 6.31. The summed E-state index contributed by atoms with van der Waals surface area (Å²) in [6.07, 6.45) is -0.105. The first-order chi connectivity index (χ1) is 12.9. The third-order valence-corrected chi connectivity index (χ3v) is 4.31. The molecule has 1 fully saturated rings. The van der Waals surface area contributed by atoms with Crippen LogP contribution in [0.15, 0.2) is 18.2 Å². The molecule has 2 amide bonds. The van der Waals surface area contributed by atoms with Gasteiger partial charge in [0.25, 0.3) is 0 Å². The fourth-order valence-corrected chi connectivity index (χ4v) is 2.96. The topological polar surface area (TPSA) is 103 Å². The number of nitrogens with zero attached hydrogens (tertiary/aromatic N) is 3. The molecule has 8 nitrogen and oxygen atoms in total. The van der Waals surface area contributed by atoms with Crippen LogP contribution in [0.25, 0.3) is 0 Å². The summed E-state index contributed by atoms with van der Waals surface area (Å²) in [5.41, 5.74) is 0.145. The molecule has 0 spiro atoms. The van der Waals surface area contributed by atoms with E-state index in [1.54, 1.807) is 11.8 Å². The van der Waals surface area contributed by atoms with Crippen LogP contribution in [0.4, 0.5) is 8.78 Å². The number of hydrogen-bond acceptors (Lipinski definition) is 5. The molecule has 144 valence electrons. The Balaban J connectivity index is 1.64. The summed E-state index contributed by atoms with van der Waals surface area (Å²) in [5.74, 6) is -1.48. The predicted octanol–water partition coefficient (Wildman–Crippen LogP) is 0.398. The van der Waals surface area contributed by atoms with Gasteiger partial charge in [-0.05, 0) is 13.0 Å². The van der Waals surface area contributed by atoms with Crippen LogP contribution in [-0.2, 0) is 22.7 Å². The number of aromatic nitrogens is 3. The van der Waals surface area contributed by atoms with E-state index in [4.69, 9.17) is 0 Å². The minimum Gasteiger partial charge on any atom is -0.353 e. The van der Waals surface area contributed by atoms with Gasteiger partial charge in [-0.15, -0.1) is 0 Å². The lowest BCUT2D eigenvalue weighted by Crippen LogP contribution is -2.56. The molecule has 1 aliphatic heterocycles. The van der Waals surface area contributed by atoms with Crippen LogP contribution in [0.1, 0.15) is 23.6 Å². The summed E-state index contributed by atoms with van der Waals surface area (Å²) < 4.78 is 27.4. The van der Waals surface area contributed by atoms with Crippen molar-refractivity contribution in [2.45, 2.75) is 32.5 Å². The Morgan fingerprint density at radius 2 is 2.22 bits per heavy atom. The number of aryl methyl sites for hydroxylation is 1. The number of aromatic amines is 1. The lowest BCUT2D eigenvalue weighted by Gasteiger charge is -2.34. The number of amides is 2. The minimum absolute atomic E-state index is 0.0368. The normalized spacial score (nSPS) is 17.6. The van der Waals surface area contributed by atoms with Crippen molar-refractivity contribution in [3.63, 3.8) is 0 Å². The number of nitrogens with one attached hydrogen (secondary N) is 3. The van der Waals surface area contributed by atoms with Crippen LogP contribution in [0.3, 0.4) is 0 Å². The van der Waals surface area contributed by atoms with Gasteiger partial charge in [-0.3, -0.25) is 19.6 Å². The van der Waals surface area contributed by atoms with Crippen molar-refractivity contribution in [1.82, 2.24) is 30.7 Å². The standard InChI is InChI=1S/C17H20F2N6O2/c1-10-22-14(24-23-10)8-21-15(26)7-13-17(27)20-5-6-25(13)9-11-3-2-4-12(18)16(11)19/h2-4,13H,5-9H2,1H3,(H,20,27)(H,21,26)(H,22,23,24). The second-order valence-electron chi connectivity index (χ2n) is 6.31. The van der Waals surface area contributed by atoms with Crippen LogP contribution in [-0.4, -0.2) is 51.0 Å². The van der Waals surface area contributed by atoms with Crippen LogP contribution in [0.2, 0.25) is 0 Å². The lowest BCUT2D eigenvalue weighted by molar-refractivity contribution is -0.134. The van der Waals surface area contributed by atoms with Crippen molar-refractivity contribution in [2.75, 3.05) is 13.1 Å². The zero-order valence-corrected chi connectivity index (χ0v) is 14.8. The number of hydrogen-bond donors (Lipinski definition) is 3. The van der Waals surface area contributed by atoms with Gasteiger partial charge >= 0.3 is 0 Å². The highest BCUT2D eigenvalue weighted by atomic mass is 19.2. The summed E-state index contributed by atoms with van der Waals surface area (Å²) in [6, 6.07) is 3.15. The molecular formula is C17H20F2N6O2. The van der Waals surface area contributed by atoms with Gasteiger partial charge in [-0.1, -0.05) is 12.1 Å². The molecule has 2 heterocycles. The minimum atomic E-state index is -0.940. The maximum Gasteiger partial charge on any atom is 0.237 e. The van der Waals surface area contributed by atoms with Crippen LogP contribution >= 0.6 is 0 Å². The fourth-order valence-electron chi connectivity index (χ4n) is 2.96. The molecule has 0 saturated carbocycles. The van der Waals surface area contributed by atoms with E-state index in [1.165, 1.54) is 12.1 Å². The number of piperazine rings is 1. The van der Waals surface area contributed by atoms with Crippen LogP contribution in [0, 0.1) is 18.6 Å². The third kappa shape index (κ3) is 4.64. The van der Waals surface area contributed by atoms with Crippen molar-refractivity contribution in [3.8, 4) is 0 Å². The smallest absolute Gasteiger partial charge is 0.237 e. The summed E-state index contributed by atoms with van der Waals surface area (Å²) in [6.45, 7) is 2.73. The first-order valence-corrected chi connectivity index (χ1v) is 8.53. The average molecular weight is 378 g/mol. The van der Waals surface area contributed by atoms with E-state index >= 15 is 0 Å². The molecule has 27 heavy (non-hydrogen) atoms. The summed E-state index contributed by atoms with van der Waals surface area (Å²) in [5, 5.41) is 12.0. The van der Waals surface area contributed by atoms with Gasteiger partial charge in [0.2, 0.25) is 11.8 Å². The molecule has 1 aromatic carbocycles. The Bertz CT molecular complexity index is 841. The first-order valence-electron chi connectivity index (χ1n) is 8.53. The molecule has 1 atom stereocenters. The van der Waals surface area contributed by atoms with Crippen molar-refractivity contribution in [2.24, 2.45) is 0 Å². The van der Waals surface area contributed by atoms with E-state index in [2.05, 4.69) is 25.8 Å². The quantitative estimate of drug-likeness (QED) is 0.675. The zero-order valence-electron chi connectivity index (χ0n) is 14.8. The number of carbonyl (C=O) groups excluding carboxylic acids is 2. The molecule has 1 saturated heterocycles. The van der Waals surface area contributed by atoms with Gasteiger partial charge in [0.05, 0.1) is 19.0 Å². The van der Waals surface area contributed by atoms with Gasteiger partial charge in [-0.2, -0.15) is 5.10 Å². The van der Waals surface area contributed by atoms with E-state index in [0.29, 0.717) is 24.7 Å². The number of H-pyrrole nitrogens is 1. The summed E-state index contributed by atoms with van der Waals surface area (Å²) in [7, 11) is 0. The molecule has 1 unspecified atom stereocenters. The Kier molecular flexibility index (Phi) is 5.75. The first kappa shape index (κ1) is 18.9. The molecule has 1 aromatic heterocycles. The fraction of sp³-hybridized carbons (Fsp3) is 0.412. The van der Waals surface area contributed by atoms with Gasteiger partial charge in [-0.25, -0.2) is 13.8 Å². The van der Waals surface area contributed by atoms with Crippen molar-refractivity contribution in [1.29, 1.82) is 0 Å². The van der Waals surface area contributed by atoms with Gasteiger partial charge in [0, 0.05) is 25.2 Å². The SMILES string of the molecule is Cc1nc(CNC(=O)CC2C(=O)NCCN2Cc2cccc(F)c2F)n[nH]1. The van der Waals surface area contributed by atoms with Crippen LogP contribution < -0.4 is 10.6 Å². The van der Waals surface area contributed by atoms with E-state index in [0.717, 1.165) is 6.07 Å². The van der Waals surface area contributed by atoms with E-state index < -0.39 is 17.7 Å². The molecule has 0 aliphatic carbocycles. The highest BCUT2D eigenvalue weighted by Gasteiger charge is 2.32. The number of halogens is 2. The third-order valence-electron chi connectivity index (χ3n) is 4.31. The maximum atomic E-state index is 14.0. The van der Waals surface area contributed by atoms with Crippen molar-refractivity contribution in [3.05, 3.63) is 47.0 Å². The highest BCUT2D eigenvalue weighted by Crippen LogP contribution is 2.18. The molecule has 0 bridgehead atoms. The average Bonchev–Trinajstić information content (AvgIpc) is 3.05. The zero-order chi connectivity index (χ0) is 19.4. The molecule has 3 N–H and O–H groups in total. The van der Waals surface area contributed by atoms with E-state index in [9.17, 15) is 18.4 Å². The van der Waals surface area contributed by atoms with Gasteiger partial charge < -0.3 is 10.6 Å². The molecule has 1 aliphatic rings. The van der Waals surface area contributed by atoms with Crippen molar-refractivity contribution < 1.29 is 18.4 Å². The van der Waals surface area contributed by atoms with E-state index in [1.807, 2.05) is 0 Å². The largest absolute Gasteiger partial charge is 0.353 e. The molecule has 2 aromatic rings. The molecule has 10 heteroatoms. The number of rotatable bonds is 6. The van der Waals surface area contributed by atoms with Crippen LogP contribution in [0.5, 0.6) is 0 Å². The Morgan fingerprint density at radius 3 is 2.96 bits per heavy atom. The monoisotopic (exact) mass is 378 g/mol. The predicted molar refractivity (Wildman–Crippen MR) is 91.1 cm³/mol. The maximum absolute atomic E-state index is 14.0. The molecular weight excluding hydrogens is 358 g/mol. The summed E-state index contributed by atoms with van der Waals surface area (Å²) in [4.78, 5) is 30.2. The van der Waals surface area contributed by atoms with E-state index in [-0.39, 0.29) is 36.9 Å². The Morgan fingerprint density at radius 1 is 1.41 bits per heavy atom. The highest BCUT2D eigenvalue weighted by molar-refractivity contribution is 5.88. The second kappa shape index (κ2) is 8.21. The number of carbonyl (C=O) groups is 2. The summed E-state index contributed by atoms with van der Waals surface area (Å²) >= 11 is 0. The molecule has 3 rings (SSSR count). The van der Waals surface area contributed by atoms with Gasteiger partial charge in [0.15, 0.2) is 17.5 Å². The van der Waals surface area contributed by atoms with Gasteiger partial charge in [0.1, 0.15) is 5.82 Å². The number of benzene rings is 1. The van der Waals surface area contributed by atoms with Crippen molar-refractivity contribution >= 4 is 11.8 Å². The lowest BCUT2D eigenvalue weighted by atomic mass is 10.1. The Hall–Kier alpha value is -2.88.